The molecule has 0 saturated carbocycles. The average molecular weight is 379 g/mol. The first-order valence-corrected chi connectivity index (χ1v) is 8.69. The number of benzene rings is 1. The van der Waals surface area contributed by atoms with Crippen LogP contribution < -0.4 is 0 Å². The second-order valence-electron chi connectivity index (χ2n) is 7.51. The van der Waals surface area contributed by atoms with Crippen LogP contribution in [0.2, 0.25) is 0 Å². The fraction of sp³-hybridized carbons (Fsp3) is 0.526. The maximum atomic E-state index is 12.5. The summed E-state index contributed by atoms with van der Waals surface area (Å²) in [5.74, 6) is -3.31. The highest BCUT2D eigenvalue weighted by molar-refractivity contribution is 5.87. The van der Waals surface area contributed by atoms with Crippen LogP contribution in [0.25, 0.3) is 0 Å². The van der Waals surface area contributed by atoms with Crippen LogP contribution in [0, 0.1) is 5.92 Å². The zero-order valence-electron chi connectivity index (χ0n) is 15.6. The van der Waals surface area contributed by atoms with E-state index >= 15 is 0 Å². The summed E-state index contributed by atoms with van der Waals surface area (Å²) in [4.78, 5) is 37.6. The number of carbonyl (C=O) groups is 3. The lowest BCUT2D eigenvalue weighted by atomic mass is 9.87. The van der Waals surface area contributed by atoms with Gasteiger partial charge in [0.15, 0.2) is 0 Å². The lowest BCUT2D eigenvalue weighted by molar-refractivity contribution is -0.172. The van der Waals surface area contributed by atoms with E-state index in [2.05, 4.69) is 0 Å². The van der Waals surface area contributed by atoms with Crippen molar-refractivity contribution in [3.05, 3.63) is 35.9 Å². The van der Waals surface area contributed by atoms with Gasteiger partial charge in [0.1, 0.15) is 18.2 Å². The maximum absolute atomic E-state index is 12.5. The van der Waals surface area contributed by atoms with Crippen molar-refractivity contribution in [3.8, 4) is 0 Å². The zero-order chi connectivity index (χ0) is 20.2. The number of piperidine rings is 1. The normalized spacial score (nSPS) is 22.8. The maximum Gasteiger partial charge on any atom is 0.410 e. The number of rotatable bonds is 4. The Morgan fingerprint density at radius 3 is 2.37 bits per heavy atom. The molecule has 1 aromatic carbocycles. The summed E-state index contributed by atoms with van der Waals surface area (Å²) in [6, 6.07) is 7.44. The van der Waals surface area contributed by atoms with Crippen LogP contribution >= 0.6 is 0 Å². The van der Waals surface area contributed by atoms with Gasteiger partial charge in [-0.2, -0.15) is 0 Å². The molecular formula is C19H25NO7. The molecule has 1 aliphatic heterocycles. The van der Waals surface area contributed by atoms with Gasteiger partial charge in [-0.05, 0) is 32.8 Å². The van der Waals surface area contributed by atoms with Crippen molar-refractivity contribution in [2.24, 2.45) is 5.92 Å². The van der Waals surface area contributed by atoms with Crippen LogP contribution in [0.4, 0.5) is 4.79 Å². The van der Waals surface area contributed by atoms with Crippen molar-refractivity contribution in [3.63, 3.8) is 0 Å². The smallest absolute Gasteiger partial charge is 0.410 e. The number of amides is 1. The molecule has 0 spiro atoms. The van der Waals surface area contributed by atoms with Crippen molar-refractivity contribution in [1.29, 1.82) is 0 Å². The average Bonchev–Trinajstić information content (AvgIpc) is 2.58. The number of β-amino-alcohol motifs (C(OH)–C–C–N with tert-alkyl or cyclic N) is 1. The number of carboxylic acids is 1. The third-order valence-corrected chi connectivity index (χ3v) is 4.05. The number of nitrogens with zero attached hydrogens (tertiary/aromatic N) is 1. The Labute approximate surface area is 157 Å². The third-order valence-electron chi connectivity index (χ3n) is 4.05. The lowest BCUT2D eigenvalue weighted by Gasteiger charge is -2.39. The molecule has 0 aromatic heterocycles. The van der Waals surface area contributed by atoms with Crippen LogP contribution in [0.1, 0.15) is 32.8 Å². The predicted molar refractivity (Wildman–Crippen MR) is 94.7 cm³/mol. The summed E-state index contributed by atoms with van der Waals surface area (Å²) in [6.07, 6.45) is -2.06. The van der Waals surface area contributed by atoms with Crippen LogP contribution in [-0.2, 0) is 25.7 Å². The fourth-order valence-electron chi connectivity index (χ4n) is 2.95. The molecule has 1 aromatic rings. The molecule has 3 unspecified atom stereocenters. The number of esters is 1. The Morgan fingerprint density at radius 1 is 1.19 bits per heavy atom. The number of aliphatic hydroxyl groups excluding tert-OH is 1. The van der Waals surface area contributed by atoms with Gasteiger partial charge in [0.2, 0.25) is 0 Å². The standard InChI is InChI=1S/C19H25NO7/c1-19(2,3)27-17(24)14-9-13(21)10-20(15(14)16(22)23)18(25)26-11-12-7-5-4-6-8-12/h4-8,13-15,21H,9-11H2,1-3H3,(H,22,23). The molecule has 1 amide bonds. The number of hydrogen-bond donors (Lipinski definition) is 2. The molecule has 1 aliphatic rings. The first kappa shape index (κ1) is 20.7. The molecule has 1 saturated heterocycles. The molecule has 1 heterocycles. The molecular weight excluding hydrogens is 354 g/mol. The van der Waals surface area contributed by atoms with Crippen molar-refractivity contribution >= 4 is 18.0 Å². The van der Waals surface area contributed by atoms with Gasteiger partial charge in [0.25, 0.3) is 0 Å². The number of likely N-dealkylation sites (tertiary alicyclic amines) is 1. The molecule has 0 radical (unpaired) electrons. The van der Waals surface area contributed by atoms with Crippen LogP contribution in [0.3, 0.4) is 0 Å². The second-order valence-corrected chi connectivity index (χ2v) is 7.51. The number of aliphatic hydroxyl groups is 1. The summed E-state index contributed by atoms with van der Waals surface area (Å²) in [7, 11) is 0. The number of ether oxygens (including phenoxy) is 2. The van der Waals surface area contributed by atoms with Gasteiger partial charge in [0.05, 0.1) is 18.6 Å². The van der Waals surface area contributed by atoms with Gasteiger partial charge >= 0.3 is 18.0 Å². The third kappa shape index (κ3) is 5.68. The van der Waals surface area contributed by atoms with E-state index in [-0.39, 0.29) is 19.6 Å². The van der Waals surface area contributed by atoms with Gasteiger partial charge in [-0.15, -0.1) is 0 Å². The van der Waals surface area contributed by atoms with E-state index in [1.165, 1.54) is 0 Å². The molecule has 2 rings (SSSR count). The van der Waals surface area contributed by atoms with Crippen molar-refractivity contribution in [1.82, 2.24) is 4.90 Å². The largest absolute Gasteiger partial charge is 0.480 e. The first-order valence-electron chi connectivity index (χ1n) is 8.69. The first-order chi connectivity index (χ1) is 12.6. The quantitative estimate of drug-likeness (QED) is 0.767. The van der Waals surface area contributed by atoms with E-state index in [4.69, 9.17) is 9.47 Å². The molecule has 148 valence electrons. The van der Waals surface area contributed by atoms with Gasteiger partial charge in [0, 0.05) is 0 Å². The summed E-state index contributed by atoms with van der Waals surface area (Å²) in [6.45, 7) is 4.70. The molecule has 27 heavy (non-hydrogen) atoms. The van der Waals surface area contributed by atoms with Crippen molar-refractivity contribution in [2.75, 3.05) is 6.54 Å². The second kappa shape index (κ2) is 8.39. The highest BCUT2D eigenvalue weighted by Gasteiger charge is 2.48. The SMILES string of the molecule is CC(C)(C)OC(=O)C1CC(O)CN(C(=O)OCc2ccccc2)C1C(=O)O. The minimum atomic E-state index is -1.47. The summed E-state index contributed by atoms with van der Waals surface area (Å²) in [5.41, 5.74) is -0.0831. The Balaban J connectivity index is 2.16. The monoisotopic (exact) mass is 379 g/mol. The zero-order valence-corrected chi connectivity index (χ0v) is 15.6. The van der Waals surface area contributed by atoms with E-state index in [1.807, 2.05) is 6.07 Å². The Bertz CT molecular complexity index is 683. The predicted octanol–water partition coefficient (Wildman–Crippen LogP) is 1.80. The van der Waals surface area contributed by atoms with E-state index in [9.17, 15) is 24.6 Å². The summed E-state index contributed by atoms with van der Waals surface area (Å²) in [5, 5.41) is 19.7. The molecule has 1 fully saturated rings. The number of hydrogen-bond acceptors (Lipinski definition) is 6. The Hall–Kier alpha value is -2.61. The Morgan fingerprint density at radius 2 is 1.81 bits per heavy atom. The Kier molecular flexibility index (Phi) is 6.43. The topological polar surface area (TPSA) is 113 Å². The highest BCUT2D eigenvalue weighted by Crippen LogP contribution is 2.28. The van der Waals surface area contributed by atoms with Crippen molar-refractivity contribution < 1.29 is 34.1 Å². The lowest BCUT2D eigenvalue weighted by Crippen LogP contribution is -2.59. The van der Waals surface area contributed by atoms with Crippen LogP contribution in [0.5, 0.6) is 0 Å². The molecule has 8 heteroatoms. The fourth-order valence-corrected chi connectivity index (χ4v) is 2.95. The number of aliphatic carboxylic acids is 1. The van der Waals surface area contributed by atoms with E-state index in [1.54, 1.807) is 45.0 Å². The number of carbonyl (C=O) groups excluding carboxylic acids is 2. The minimum absolute atomic E-state index is 0.0459. The van der Waals surface area contributed by atoms with E-state index in [0.717, 1.165) is 10.5 Å². The van der Waals surface area contributed by atoms with E-state index < -0.39 is 41.7 Å². The minimum Gasteiger partial charge on any atom is -0.480 e. The number of carboxylic acid groups (broad SMARTS) is 1. The van der Waals surface area contributed by atoms with Crippen LogP contribution in [0.15, 0.2) is 30.3 Å². The highest BCUT2D eigenvalue weighted by atomic mass is 16.6. The van der Waals surface area contributed by atoms with Gasteiger partial charge in [-0.25, -0.2) is 9.59 Å². The molecule has 0 bridgehead atoms. The summed E-state index contributed by atoms with van der Waals surface area (Å²) >= 11 is 0. The summed E-state index contributed by atoms with van der Waals surface area (Å²) < 4.78 is 10.5. The molecule has 2 N–H and O–H groups in total. The van der Waals surface area contributed by atoms with E-state index in [0.29, 0.717) is 0 Å². The van der Waals surface area contributed by atoms with Gasteiger partial charge < -0.3 is 19.7 Å². The van der Waals surface area contributed by atoms with Gasteiger partial charge in [-0.1, -0.05) is 30.3 Å². The molecule has 8 nitrogen and oxygen atoms in total. The molecule has 0 aliphatic carbocycles. The van der Waals surface area contributed by atoms with Crippen molar-refractivity contribution in [2.45, 2.75) is 51.5 Å². The van der Waals surface area contributed by atoms with Gasteiger partial charge in [-0.3, -0.25) is 9.69 Å². The molecule has 3 atom stereocenters. The van der Waals surface area contributed by atoms with Crippen LogP contribution in [-0.4, -0.2) is 57.4 Å².